The molecule has 5 heteroatoms. The first-order chi connectivity index (χ1) is 10.2. The topological polar surface area (TPSA) is 55.9 Å². The first-order valence-electron chi connectivity index (χ1n) is 6.95. The number of aromatic nitrogens is 3. The number of hydrogen-bond acceptors (Lipinski definition) is 4. The maximum Gasteiger partial charge on any atom is 0.208 e. The number of aryl methyl sites for hydroxylation is 1. The minimum Gasteiger partial charge on any atom is -0.445 e. The SMILES string of the molecule is Cc1cnc(CNC(C)c2ccc(-n3ccnc3)cc2)o1. The smallest absolute Gasteiger partial charge is 0.208 e. The Morgan fingerprint density at radius 3 is 2.71 bits per heavy atom. The molecular weight excluding hydrogens is 264 g/mol. The largest absolute Gasteiger partial charge is 0.445 e. The summed E-state index contributed by atoms with van der Waals surface area (Å²) in [5.74, 6) is 1.55. The van der Waals surface area contributed by atoms with Crippen molar-refractivity contribution in [3.63, 3.8) is 0 Å². The van der Waals surface area contributed by atoms with Crippen molar-refractivity contribution in [3.05, 3.63) is 66.4 Å². The third-order valence-corrected chi connectivity index (χ3v) is 3.42. The molecule has 1 atom stereocenters. The summed E-state index contributed by atoms with van der Waals surface area (Å²) in [6.45, 7) is 4.65. The van der Waals surface area contributed by atoms with Crippen LogP contribution in [0.1, 0.15) is 30.2 Å². The van der Waals surface area contributed by atoms with Gasteiger partial charge < -0.3 is 14.3 Å². The minimum atomic E-state index is 0.231. The van der Waals surface area contributed by atoms with Crippen LogP contribution in [0.4, 0.5) is 0 Å². The highest BCUT2D eigenvalue weighted by molar-refractivity contribution is 5.35. The fourth-order valence-corrected chi connectivity index (χ4v) is 2.19. The molecule has 0 saturated carbocycles. The third-order valence-electron chi connectivity index (χ3n) is 3.42. The number of nitrogens with one attached hydrogen (secondary N) is 1. The van der Waals surface area contributed by atoms with Crippen molar-refractivity contribution in [1.29, 1.82) is 0 Å². The molecule has 0 aliphatic rings. The fourth-order valence-electron chi connectivity index (χ4n) is 2.19. The Balaban J connectivity index is 1.63. The monoisotopic (exact) mass is 282 g/mol. The van der Waals surface area contributed by atoms with Gasteiger partial charge in [-0.05, 0) is 31.5 Å². The Bertz CT molecular complexity index is 685. The Kier molecular flexibility index (Phi) is 3.83. The maximum atomic E-state index is 5.45. The zero-order valence-corrected chi connectivity index (χ0v) is 12.2. The maximum absolute atomic E-state index is 5.45. The lowest BCUT2D eigenvalue weighted by Gasteiger charge is -2.13. The van der Waals surface area contributed by atoms with Crippen molar-refractivity contribution >= 4 is 0 Å². The Labute approximate surface area is 123 Å². The Hall–Kier alpha value is -2.40. The molecule has 0 aliphatic heterocycles. The van der Waals surface area contributed by atoms with Gasteiger partial charge in [-0.25, -0.2) is 9.97 Å². The van der Waals surface area contributed by atoms with Crippen LogP contribution in [-0.4, -0.2) is 14.5 Å². The van der Waals surface area contributed by atoms with Crippen molar-refractivity contribution in [2.75, 3.05) is 0 Å². The van der Waals surface area contributed by atoms with Crippen LogP contribution in [0.25, 0.3) is 5.69 Å². The average molecular weight is 282 g/mol. The van der Waals surface area contributed by atoms with Crippen molar-refractivity contribution in [3.8, 4) is 5.69 Å². The summed E-state index contributed by atoms with van der Waals surface area (Å²) in [5, 5.41) is 3.41. The van der Waals surface area contributed by atoms with Gasteiger partial charge in [-0.2, -0.15) is 0 Å². The molecule has 3 aromatic rings. The van der Waals surface area contributed by atoms with E-state index in [1.807, 2.05) is 17.7 Å². The van der Waals surface area contributed by atoms with Crippen LogP contribution in [0.5, 0.6) is 0 Å². The van der Waals surface area contributed by atoms with E-state index >= 15 is 0 Å². The molecule has 1 unspecified atom stereocenters. The Morgan fingerprint density at radius 1 is 1.29 bits per heavy atom. The van der Waals surface area contributed by atoms with Gasteiger partial charge in [0, 0.05) is 24.1 Å². The summed E-state index contributed by atoms with van der Waals surface area (Å²) in [6.07, 6.45) is 7.24. The summed E-state index contributed by atoms with van der Waals surface area (Å²) in [5.41, 5.74) is 2.33. The molecule has 2 heterocycles. The summed E-state index contributed by atoms with van der Waals surface area (Å²) < 4.78 is 7.44. The number of imidazole rings is 1. The van der Waals surface area contributed by atoms with Crippen LogP contribution in [0.15, 0.2) is 53.6 Å². The zero-order valence-electron chi connectivity index (χ0n) is 12.2. The molecule has 0 bridgehead atoms. The van der Waals surface area contributed by atoms with Crippen LogP contribution in [0.2, 0.25) is 0 Å². The normalized spacial score (nSPS) is 12.5. The van der Waals surface area contributed by atoms with Gasteiger partial charge in [0.2, 0.25) is 5.89 Å². The summed E-state index contributed by atoms with van der Waals surface area (Å²) in [4.78, 5) is 8.24. The fraction of sp³-hybridized carbons (Fsp3) is 0.250. The highest BCUT2D eigenvalue weighted by atomic mass is 16.4. The second-order valence-electron chi connectivity index (χ2n) is 5.03. The first-order valence-corrected chi connectivity index (χ1v) is 6.95. The molecule has 0 amide bonds. The van der Waals surface area contributed by atoms with Gasteiger partial charge >= 0.3 is 0 Å². The molecule has 1 aromatic carbocycles. The van der Waals surface area contributed by atoms with Gasteiger partial charge in [-0.15, -0.1) is 0 Å². The van der Waals surface area contributed by atoms with Crippen LogP contribution in [0.3, 0.4) is 0 Å². The second-order valence-corrected chi connectivity index (χ2v) is 5.03. The van der Waals surface area contributed by atoms with Gasteiger partial charge in [-0.3, -0.25) is 0 Å². The molecular formula is C16H18N4O. The zero-order chi connectivity index (χ0) is 14.7. The highest BCUT2D eigenvalue weighted by Gasteiger charge is 2.07. The molecule has 2 aromatic heterocycles. The number of benzene rings is 1. The van der Waals surface area contributed by atoms with E-state index in [0.29, 0.717) is 6.54 Å². The van der Waals surface area contributed by atoms with Crippen molar-refractivity contribution < 1.29 is 4.42 Å². The van der Waals surface area contributed by atoms with Crippen LogP contribution < -0.4 is 5.32 Å². The van der Waals surface area contributed by atoms with Gasteiger partial charge in [0.25, 0.3) is 0 Å². The van der Waals surface area contributed by atoms with E-state index in [1.165, 1.54) is 5.56 Å². The summed E-state index contributed by atoms with van der Waals surface area (Å²) >= 11 is 0. The molecule has 0 saturated heterocycles. The van der Waals surface area contributed by atoms with Crippen LogP contribution >= 0.6 is 0 Å². The first kappa shape index (κ1) is 13.6. The van der Waals surface area contributed by atoms with Crippen molar-refractivity contribution in [1.82, 2.24) is 19.9 Å². The lowest BCUT2D eigenvalue weighted by molar-refractivity contribution is 0.432. The predicted molar refractivity (Wildman–Crippen MR) is 80.1 cm³/mol. The van der Waals surface area contributed by atoms with Gasteiger partial charge in [0.05, 0.1) is 19.1 Å². The van der Waals surface area contributed by atoms with Crippen LogP contribution in [0, 0.1) is 6.92 Å². The summed E-state index contributed by atoms with van der Waals surface area (Å²) in [7, 11) is 0. The molecule has 3 rings (SSSR count). The van der Waals surface area contributed by atoms with E-state index in [4.69, 9.17) is 4.42 Å². The molecule has 21 heavy (non-hydrogen) atoms. The van der Waals surface area contributed by atoms with Crippen LogP contribution in [-0.2, 0) is 6.54 Å². The molecule has 0 spiro atoms. The minimum absolute atomic E-state index is 0.231. The number of rotatable bonds is 5. The highest BCUT2D eigenvalue weighted by Crippen LogP contribution is 2.16. The molecule has 108 valence electrons. The Morgan fingerprint density at radius 2 is 2.10 bits per heavy atom. The third kappa shape index (κ3) is 3.20. The number of hydrogen-bond donors (Lipinski definition) is 1. The number of nitrogens with zero attached hydrogens (tertiary/aromatic N) is 3. The molecule has 0 aliphatic carbocycles. The molecule has 1 N–H and O–H groups in total. The lowest BCUT2D eigenvalue weighted by Crippen LogP contribution is -2.18. The quantitative estimate of drug-likeness (QED) is 0.781. The summed E-state index contributed by atoms with van der Waals surface area (Å²) in [6, 6.07) is 8.64. The molecule has 0 fully saturated rings. The molecule has 0 radical (unpaired) electrons. The van der Waals surface area contributed by atoms with E-state index in [1.54, 1.807) is 18.7 Å². The predicted octanol–water partition coefficient (Wildman–Crippen LogP) is 3.02. The van der Waals surface area contributed by atoms with E-state index in [-0.39, 0.29) is 6.04 Å². The molecule has 5 nitrogen and oxygen atoms in total. The number of oxazole rings is 1. The lowest BCUT2D eigenvalue weighted by atomic mass is 10.1. The van der Waals surface area contributed by atoms with Gasteiger partial charge in [0.1, 0.15) is 5.76 Å². The van der Waals surface area contributed by atoms with E-state index in [2.05, 4.69) is 46.5 Å². The van der Waals surface area contributed by atoms with E-state index < -0.39 is 0 Å². The standard InChI is InChI=1S/C16H18N4O/c1-12-9-19-16(21-12)10-18-13(2)14-3-5-15(6-4-14)20-8-7-17-11-20/h3-9,11,13,18H,10H2,1-2H3. The second kappa shape index (κ2) is 5.93. The average Bonchev–Trinajstić information content (AvgIpc) is 3.16. The van der Waals surface area contributed by atoms with Crippen molar-refractivity contribution in [2.24, 2.45) is 0 Å². The van der Waals surface area contributed by atoms with E-state index in [9.17, 15) is 0 Å². The van der Waals surface area contributed by atoms with Gasteiger partial charge in [0.15, 0.2) is 0 Å². The van der Waals surface area contributed by atoms with Gasteiger partial charge in [-0.1, -0.05) is 12.1 Å². The van der Waals surface area contributed by atoms with E-state index in [0.717, 1.165) is 17.3 Å². The van der Waals surface area contributed by atoms with Crippen molar-refractivity contribution in [2.45, 2.75) is 26.4 Å².